The Morgan fingerprint density at radius 3 is 2.28 bits per heavy atom. The molecule has 0 aromatic heterocycles. The number of fused-ring (bicyclic) bond motifs is 1. The monoisotopic (exact) mass is 411 g/mol. The zero-order valence-corrected chi connectivity index (χ0v) is 17.0. The van der Waals surface area contributed by atoms with Crippen molar-refractivity contribution in [3.8, 4) is 0 Å². The number of amides is 3. The Labute approximate surface area is 174 Å². The summed E-state index contributed by atoms with van der Waals surface area (Å²) < 4.78 is 0. The molecule has 2 aliphatic heterocycles. The molecule has 0 radical (unpaired) electrons. The van der Waals surface area contributed by atoms with E-state index < -0.39 is 0 Å². The smallest absolute Gasteiger partial charge is 0.261 e. The van der Waals surface area contributed by atoms with Crippen LogP contribution in [0.3, 0.4) is 0 Å². The number of piperazine rings is 1. The minimum absolute atomic E-state index is 0.0338. The number of carbonyl (C=O) groups excluding carboxylic acids is 3. The number of carbonyl (C=O) groups is 3. The Kier molecular flexibility index (Phi) is 5.28. The van der Waals surface area contributed by atoms with E-state index in [1.165, 1.54) is 4.90 Å². The third-order valence-electron chi connectivity index (χ3n) is 5.50. The van der Waals surface area contributed by atoms with Crippen molar-refractivity contribution in [2.24, 2.45) is 0 Å². The predicted octanol–water partition coefficient (Wildman–Crippen LogP) is 2.98. The van der Waals surface area contributed by atoms with Gasteiger partial charge in [0.25, 0.3) is 11.8 Å². The molecule has 0 N–H and O–H groups in total. The Bertz CT molecular complexity index is 966. The number of imide groups is 1. The zero-order chi connectivity index (χ0) is 20.5. The first kappa shape index (κ1) is 19.5. The van der Waals surface area contributed by atoms with Crippen LogP contribution >= 0.6 is 11.6 Å². The maximum Gasteiger partial charge on any atom is 0.261 e. The van der Waals surface area contributed by atoms with Crippen molar-refractivity contribution in [2.45, 2.75) is 13.3 Å². The molecular weight excluding hydrogens is 390 g/mol. The normalized spacial score (nSPS) is 16.4. The molecule has 6 nitrogen and oxygen atoms in total. The third kappa shape index (κ3) is 3.85. The first-order valence-electron chi connectivity index (χ1n) is 9.69. The number of anilines is 1. The summed E-state index contributed by atoms with van der Waals surface area (Å²) in [5.41, 5.74) is 2.87. The van der Waals surface area contributed by atoms with Crippen LogP contribution in [0, 0.1) is 6.92 Å². The fourth-order valence-electron chi connectivity index (χ4n) is 3.84. The molecule has 4 rings (SSSR count). The van der Waals surface area contributed by atoms with Crippen LogP contribution in [0.2, 0.25) is 5.02 Å². The highest BCUT2D eigenvalue weighted by Gasteiger charge is 2.35. The molecule has 0 spiro atoms. The average molecular weight is 412 g/mol. The maximum absolute atomic E-state index is 12.6. The van der Waals surface area contributed by atoms with E-state index in [4.69, 9.17) is 11.6 Å². The molecule has 7 heteroatoms. The number of halogens is 1. The molecule has 2 aromatic rings. The van der Waals surface area contributed by atoms with Crippen molar-refractivity contribution in [3.05, 3.63) is 64.2 Å². The summed E-state index contributed by atoms with van der Waals surface area (Å²) in [5.74, 6) is -0.659. The second kappa shape index (κ2) is 7.87. The van der Waals surface area contributed by atoms with Crippen molar-refractivity contribution in [1.29, 1.82) is 0 Å². The number of aryl methyl sites for hydroxylation is 1. The Morgan fingerprint density at radius 2 is 1.59 bits per heavy atom. The van der Waals surface area contributed by atoms with E-state index in [9.17, 15) is 14.4 Å². The molecule has 0 atom stereocenters. The lowest BCUT2D eigenvalue weighted by Crippen LogP contribution is -2.49. The maximum atomic E-state index is 12.6. The van der Waals surface area contributed by atoms with Crippen LogP contribution in [0.4, 0.5) is 5.69 Å². The lowest BCUT2D eigenvalue weighted by Gasteiger charge is -2.36. The van der Waals surface area contributed by atoms with Crippen molar-refractivity contribution in [3.63, 3.8) is 0 Å². The first-order valence-corrected chi connectivity index (χ1v) is 10.1. The van der Waals surface area contributed by atoms with Gasteiger partial charge in [-0.15, -0.1) is 0 Å². The Hall–Kier alpha value is -2.86. The lowest BCUT2D eigenvalue weighted by atomic mass is 10.1. The summed E-state index contributed by atoms with van der Waals surface area (Å²) in [4.78, 5) is 42.9. The van der Waals surface area contributed by atoms with E-state index in [1.807, 2.05) is 37.3 Å². The van der Waals surface area contributed by atoms with E-state index >= 15 is 0 Å². The van der Waals surface area contributed by atoms with Gasteiger partial charge in [-0.05, 0) is 43.3 Å². The van der Waals surface area contributed by atoms with E-state index in [0.29, 0.717) is 29.2 Å². The second-order valence-electron chi connectivity index (χ2n) is 7.41. The summed E-state index contributed by atoms with van der Waals surface area (Å²) >= 11 is 5.94. The molecule has 2 aliphatic rings. The van der Waals surface area contributed by atoms with Gasteiger partial charge < -0.3 is 9.80 Å². The number of hydrogen-bond donors (Lipinski definition) is 0. The molecule has 3 amide bonds. The summed E-state index contributed by atoms with van der Waals surface area (Å²) in [5, 5.41) is 0.700. The number of nitrogens with zero attached hydrogens (tertiary/aromatic N) is 3. The quantitative estimate of drug-likeness (QED) is 0.726. The average Bonchev–Trinajstić information content (AvgIpc) is 2.96. The third-order valence-corrected chi connectivity index (χ3v) is 5.75. The van der Waals surface area contributed by atoms with Crippen molar-refractivity contribution in [1.82, 2.24) is 9.80 Å². The minimum Gasteiger partial charge on any atom is -0.368 e. The molecule has 1 saturated heterocycles. The highest BCUT2D eigenvalue weighted by molar-refractivity contribution is 6.30. The van der Waals surface area contributed by atoms with Gasteiger partial charge >= 0.3 is 0 Å². The van der Waals surface area contributed by atoms with Crippen LogP contribution in [0.15, 0.2) is 42.5 Å². The second-order valence-corrected chi connectivity index (χ2v) is 7.84. The fraction of sp³-hybridized carbons (Fsp3) is 0.318. The fourth-order valence-corrected chi connectivity index (χ4v) is 3.97. The van der Waals surface area contributed by atoms with Gasteiger partial charge in [0.05, 0.1) is 11.1 Å². The van der Waals surface area contributed by atoms with Gasteiger partial charge in [0.15, 0.2) is 0 Å². The van der Waals surface area contributed by atoms with Gasteiger partial charge in [0, 0.05) is 49.9 Å². The molecule has 2 aromatic carbocycles. The van der Waals surface area contributed by atoms with Gasteiger partial charge in [-0.25, -0.2) is 0 Å². The Balaban J connectivity index is 1.31. The Morgan fingerprint density at radius 1 is 0.931 bits per heavy atom. The van der Waals surface area contributed by atoms with Crippen LogP contribution in [0.25, 0.3) is 0 Å². The van der Waals surface area contributed by atoms with Crippen molar-refractivity contribution in [2.75, 3.05) is 37.6 Å². The molecule has 0 aliphatic carbocycles. The van der Waals surface area contributed by atoms with Crippen LogP contribution < -0.4 is 4.90 Å². The van der Waals surface area contributed by atoms with Crippen LogP contribution in [-0.2, 0) is 4.79 Å². The number of rotatable bonds is 4. The molecule has 0 saturated carbocycles. The van der Waals surface area contributed by atoms with E-state index in [0.717, 1.165) is 24.3 Å². The van der Waals surface area contributed by atoms with Gasteiger partial charge in [-0.3, -0.25) is 19.3 Å². The SMILES string of the molecule is Cc1ccc2c(c1)C(=O)N(CCC(=O)N1CCN(c3ccc(Cl)cc3)CC1)C2=O. The molecule has 0 unspecified atom stereocenters. The summed E-state index contributed by atoms with van der Waals surface area (Å²) in [7, 11) is 0. The topological polar surface area (TPSA) is 60.9 Å². The molecule has 0 bridgehead atoms. The van der Waals surface area contributed by atoms with E-state index in [1.54, 1.807) is 17.0 Å². The lowest BCUT2D eigenvalue weighted by molar-refractivity contribution is -0.131. The highest BCUT2D eigenvalue weighted by atomic mass is 35.5. The molecule has 29 heavy (non-hydrogen) atoms. The summed E-state index contributed by atoms with van der Waals surface area (Å²) in [6, 6.07) is 12.9. The molecule has 150 valence electrons. The molecule has 2 heterocycles. The summed E-state index contributed by atoms with van der Waals surface area (Å²) in [6.07, 6.45) is 0.144. The number of hydrogen-bond acceptors (Lipinski definition) is 4. The first-order chi connectivity index (χ1) is 13.9. The van der Waals surface area contributed by atoms with Crippen LogP contribution in [-0.4, -0.2) is 60.2 Å². The van der Waals surface area contributed by atoms with Crippen LogP contribution in [0.1, 0.15) is 32.7 Å². The molecular formula is C22H22ClN3O3. The van der Waals surface area contributed by atoms with Gasteiger partial charge in [0.2, 0.25) is 5.91 Å². The highest BCUT2D eigenvalue weighted by Crippen LogP contribution is 2.24. The van der Waals surface area contributed by atoms with Crippen molar-refractivity contribution < 1.29 is 14.4 Å². The van der Waals surface area contributed by atoms with Gasteiger partial charge in [-0.1, -0.05) is 23.2 Å². The zero-order valence-electron chi connectivity index (χ0n) is 16.2. The molecule has 1 fully saturated rings. The predicted molar refractivity (Wildman–Crippen MR) is 111 cm³/mol. The van der Waals surface area contributed by atoms with Gasteiger partial charge in [0.1, 0.15) is 0 Å². The van der Waals surface area contributed by atoms with Crippen LogP contribution in [0.5, 0.6) is 0 Å². The summed E-state index contributed by atoms with van der Waals surface area (Å²) in [6.45, 7) is 4.69. The number of benzene rings is 2. The minimum atomic E-state index is -0.314. The van der Waals surface area contributed by atoms with E-state index in [-0.39, 0.29) is 30.7 Å². The largest absolute Gasteiger partial charge is 0.368 e. The van der Waals surface area contributed by atoms with Gasteiger partial charge in [-0.2, -0.15) is 0 Å². The standard InChI is InChI=1S/C22H22ClN3O3/c1-15-2-7-18-19(14-15)22(29)26(21(18)28)9-8-20(27)25-12-10-24(11-13-25)17-5-3-16(23)4-6-17/h2-7,14H,8-13H2,1H3. The van der Waals surface area contributed by atoms with Crippen molar-refractivity contribution >= 4 is 35.0 Å². The van der Waals surface area contributed by atoms with E-state index in [2.05, 4.69) is 4.90 Å².